The highest BCUT2D eigenvalue weighted by Gasteiger charge is 2.50. The normalized spacial score (nSPS) is 17.1. The lowest BCUT2D eigenvalue weighted by atomic mass is 9.98. The van der Waals surface area contributed by atoms with Gasteiger partial charge >= 0.3 is 6.09 Å². The molecule has 2 fully saturated rings. The Morgan fingerprint density at radius 2 is 1.80 bits per heavy atom. The molecule has 0 radical (unpaired) electrons. The van der Waals surface area contributed by atoms with Gasteiger partial charge in [-0.25, -0.2) is 9.78 Å². The molecule has 0 N–H and O–H groups in total. The first-order valence-corrected chi connectivity index (χ1v) is 12.5. The van der Waals surface area contributed by atoms with Crippen LogP contribution in [0, 0.1) is 13.8 Å². The summed E-state index contributed by atoms with van der Waals surface area (Å²) in [6.07, 6.45) is 7.68. The van der Waals surface area contributed by atoms with Crippen molar-refractivity contribution >= 4 is 6.09 Å². The Bertz CT molecular complexity index is 1180. The number of amides is 1. The SMILES string of the molecule is Cc1nc(-c2onc(C)c2COC(=O)N(C)C2(c3ccccc3)CC2)ccc1OC1CCCCC1. The van der Waals surface area contributed by atoms with Crippen LogP contribution in [0.25, 0.3) is 11.5 Å². The van der Waals surface area contributed by atoms with Gasteiger partial charge < -0.3 is 18.9 Å². The predicted molar refractivity (Wildman–Crippen MR) is 132 cm³/mol. The van der Waals surface area contributed by atoms with E-state index in [1.807, 2.05) is 44.2 Å². The van der Waals surface area contributed by atoms with E-state index in [-0.39, 0.29) is 24.3 Å². The van der Waals surface area contributed by atoms with Crippen molar-refractivity contribution in [2.45, 2.75) is 77.0 Å². The van der Waals surface area contributed by atoms with E-state index in [9.17, 15) is 4.79 Å². The Morgan fingerprint density at radius 1 is 1.06 bits per heavy atom. The van der Waals surface area contributed by atoms with Crippen LogP contribution in [0.3, 0.4) is 0 Å². The summed E-state index contributed by atoms with van der Waals surface area (Å²) in [7, 11) is 1.81. The average molecular weight is 476 g/mol. The minimum atomic E-state index is -0.363. The van der Waals surface area contributed by atoms with Crippen molar-refractivity contribution in [2.75, 3.05) is 7.05 Å². The summed E-state index contributed by atoms with van der Waals surface area (Å²) in [6, 6.07) is 14.0. The summed E-state index contributed by atoms with van der Waals surface area (Å²) in [6.45, 7) is 3.86. The molecule has 3 aromatic rings. The fourth-order valence-corrected chi connectivity index (χ4v) is 5.01. The maximum atomic E-state index is 13.0. The maximum absolute atomic E-state index is 13.0. The first kappa shape index (κ1) is 23.4. The molecule has 7 nitrogen and oxygen atoms in total. The van der Waals surface area contributed by atoms with E-state index in [0.717, 1.165) is 48.3 Å². The van der Waals surface area contributed by atoms with E-state index in [2.05, 4.69) is 17.3 Å². The standard InChI is InChI=1S/C28H33N3O4/c1-19-23(18-33-27(32)31(3)28(16-17-28)21-10-6-4-7-11-21)26(35-30-19)24-14-15-25(20(2)29-24)34-22-12-8-5-9-13-22/h4,6-7,10-11,14-15,22H,5,8-9,12-13,16-18H2,1-3H3. The molecule has 2 aromatic heterocycles. The van der Waals surface area contributed by atoms with Crippen molar-refractivity contribution in [1.82, 2.24) is 15.0 Å². The van der Waals surface area contributed by atoms with Crippen molar-refractivity contribution < 1.29 is 18.8 Å². The molecular formula is C28H33N3O4. The summed E-state index contributed by atoms with van der Waals surface area (Å²) in [5.74, 6) is 1.33. The first-order valence-electron chi connectivity index (χ1n) is 12.5. The van der Waals surface area contributed by atoms with Crippen molar-refractivity contribution in [1.29, 1.82) is 0 Å². The summed E-state index contributed by atoms with van der Waals surface area (Å²) in [5.41, 5.74) is 3.73. The number of benzene rings is 1. The van der Waals surface area contributed by atoms with Gasteiger partial charge in [0, 0.05) is 7.05 Å². The van der Waals surface area contributed by atoms with Crippen LogP contribution in [-0.4, -0.2) is 34.3 Å². The number of hydrogen-bond donors (Lipinski definition) is 0. The quantitative estimate of drug-likeness (QED) is 0.398. The molecule has 2 saturated carbocycles. The van der Waals surface area contributed by atoms with Crippen molar-refractivity contribution in [3.63, 3.8) is 0 Å². The number of rotatable bonds is 7. The number of pyridine rings is 1. The molecule has 2 aliphatic rings. The Labute approximate surface area is 206 Å². The van der Waals surface area contributed by atoms with Gasteiger partial charge in [-0.2, -0.15) is 0 Å². The monoisotopic (exact) mass is 475 g/mol. The molecule has 0 aliphatic heterocycles. The van der Waals surface area contributed by atoms with Crippen LogP contribution < -0.4 is 4.74 Å². The van der Waals surface area contributed by atoms with E-state index in [1.54, 1.807) is 11.9 Å². The number of aromatic nitrogens is 2. The van der Waals surface area contributed by atoms with Crippen LogP contribution >= 0.6 is 0 Å². The lowest BCUT2D eigenvalue weighted by Gasteiger charge is -2.28. The topological polar surface area (TPSA) is 77.7 Å². The summed E-state index contributed by atoms with van der Waals surface area (Å²) >= 11 is 0. The van der Waals surface area contributed by atoms with Gasteiger partial charge in [0.2, 0.25) is 0 Å². The van der Waals surface area contributed by atoms with Gasteiger partial charge in [-0.3, -0.25) is 0 Å². The lowest BCUT2D eigenvalue weighted by molar-refractivity contribution is 0.0856. The molecule has 0 unspecified atom stereocenters. The van der Waals surface area contributed by atoms with E-state index in [0.29, 0.717) is 17.1 Å². The van der Waals surface area contributed by atoms with Gasteiger partial charge in [-0.05, 0) is 70.1 Å². The third kappa shape index (κ3) is 4.77. The average Bonchev–Trinajstić information content (AvgIpc) is 3.62. The van der Waals surface area contributed by atoms with Crippen LogP contribution in [0.5, 0.6) is 5.75 Å². The second kappa shape index (κ2) is 9.72. The Balaban J connectivity index is 1.27. The highest BCUT2D eigenvalue weighted by Crippen LogP contribution is 2.50. The molecule has 184 valence electrons. The Kier molecular flexibility index (Phi) is 6.50. The summed E-state index contributed by atoms with van der Waals surface area (Å²) < 4.78 is 17.5. The number of hydrogen-bond acceptors (Lipinski definition) is 6. The van der Waals surface area contributed by atoms with Crippen LogP contribution in [0.2, 0.25) is 0 Å². The molecule has 0 saturated heterocycles. The molecular weight excluding hydrogens is 442 g/mol. The molecule has 0 spiro atoms. The summed E-state index contributed by atoms with van der Waals surface area (Å²) in [5, 5.41) is 4.12. The highest BCUT2D eigenvalue weighted by atomic mass is 16.6. The molecule has 2 heterocycles. The Hall–Kier alpha value is -3.35. The van der Waals surface area contributed by atoms with Crippen LogP contribution in [-0.2, 0) is 16.9 Å². The van der Waals surface area contributed by atoms with E-state index >= 15 is 0 Å². The van der Waals surface area contributed by atoms with E-state index < -0.39 is 0 Å². The van der Waals surface area contributed by atoms with Gasteiger partial charge in [0.05, 0.1) is 28.6 Å². The molecule has 1 aromatic carbocycles. The van der Waals surface area contributed by atoms with Gasteiger partial charge in [0.1, 0.15) is 18.1 Å². The van der Waals surface area contributed by atoms with Crippen LogP contribution in [0.1, 0.15) is 67.5 Å². The van der Waals surface area contributed by atoms with Gasteiger partial charge in [-0.1, -0.05) is 41.9 Å². The van der Waals surface area contributed by atoms with Gasteiger partial charge in [0.25, 0.3) is 0 Å². The molecule has 0 bridgehead atoms. The number of ether oxygens (including phenoxy) is 2. The number of aryl methyl sites for hydroxylation is 2. The zero-order valence-corrected chi connectivity index (χ0v) is 20.8. The number of carbonyl (C=O) groups excluding carboxylic acids is 1. The number of nitrogens with zero attached hydrogens (tertiary/aromatic N) is 3. The number of carbonyl (C=O) groups is 1. The van der Waals surface area contributed by atoms with Gasteiger partial charge in [-0.15, -0.1) is 0 Å². The minimum absolute atomic E-state index is 0.0692. The summed E-state index contributed by atoms with van der Waals surface area (Å²) in [4.78, 5) is 19.4. The van der Waals surface area contributed by atoms with Gasteiger partial charge in [0.15, 0.2) is 5.76 Å². The van der Waals surface area contributed by atoms with Crippen molar-refractivity contribution in [3.05, 3.63) is 65.0 Å². The fourth-order valence-electron chi connectivity index (χ4n) is 5.01. The zero-order valence-electron chi connectivity index (χ0n) is 20.8. The second-order valence-corrected chi connectivity index (χ2v) is 9.74. The third-order valence-electron chi connectivity index (χ3n) is 7.39. The zero-order chi connectivity index (χ0) is 24.4. The smallest absolute Gasteiger partial charge is 0.410 e. The predicted octanol–water partition coefficient (Wildman–Crippen LogP) is 6.32. The first-order chi connectivity index (χ1) is 17.0. The van der Waals surface area contributed by atoms with Crippen molar-refractivity contribution in [2.24, 2.45) is 0 Å². The van der Waals surface area contributed by atoms with Crippen molar-refractivity contribution in [3.8, 4) is 17.2 Å². The minimum Gasteiger partial charge on any atom is -0.489 e. The maximum Gasteiger partial charge on any atom is 0.410 e. The van der Waals surface area contributed by atoms with Crippen LogP contribution in [0.15, 0.2) is 47.0 Å². The molecule has 7 heteroatoms. The molecule has 0 atom stereocenters. The van der Waals surface area contributed by atoms with E-state index in [1.165, 1.54) is 19.3 Å². The molecule has 2 aliphatic carbocycles. The van der Waals surface area contributed by atoms with Crippen LogP contribution in [0.4, 0.5) is 4.79 Å². The highest BCUT2D eigenvalue weighted by molar-refractivity contribution is 5.70. The second-order valence-electron chi connectivity index (χ2n) is 9.74. The lowest BCUT2D eigenvalue weighted by Crippen LogP contribution is -2.37. The van der Waals surface area contributed by atoms with E-state index in [4.69, 9.17) is 19.0 Å². The molecule has 35 heavy (non-hydrogen) atoms. The molecule has 5 rings (SSSR count). The third-order valence-corrected chi connectivity index (χ3v) is 7.39. The fraction of sp³-hybridized carbons (Fsp3) is 0.464. The molecule has 1 amide bonds. The Morgan fingerprint density at radius 3 is 2.49 bits per heavy atom. The largest absolute Gasteiger partial charge is 0.489 e.